The van der Waals surface area contributed by atoms with E-state index in [1.807, 2.05) is 0 Å². The first-order valence-electron chi connectivity index (χ1n) is 8.77. The molecule has 2 aromatic heterocycles. The Bertz CT molecular complexity index is 1110. The normalized spacial score (nSPS) is 16.5. The van der Waals surface area contributed by atoms with Crippen molar-refractivity contribution in [3.05, 3.63) is 34.4 Å². The van der Waals surface area contributed by atoms with E-state index in [2.05, 4.69) is 15.0 Å². The maximum Gasteiger partial charge on any atom is 0.327 e. The van der Waals surface area contributed by atoms with Gasteiger partial charge in [-0.25, -0.2) is 14.8 Å². The van der Waals surface area contributed by atoms with Gasteiger partial charge in [-0.15, -0.1) is 0 Å². The topological polar surface area (TPSA) is 145 Å². The van der Waals surface area contributed by atoms with Crippen LogP contribution in [0.1, 0.15) is 23.3 Å². The molecule has 1 fully saturated rings. The van der Waals surface area contributed by atoms with Crippen LogP contribution in [0.25, 0.3) is 22.6 Å². The van der Waals surface area contributed by atoms with Crippen LogP contribution >= 0.6 is 0 Å². The fraction of sp³-hybridized carbons (Fsp3) is 0.333. The van der Waals surface area contributed by atoms with Gasteiger partial charge in [-0.3, -0.25) is 9.36 Å². The van der Waals surface area contributed by atoms with E-state index < -0.39 is 11.6 Å². The van der Waals surface area contributed by atoms with Gasteiger partial charge in [-0.2, -0.15) is 0 Å². The summed E-state index contributed by atoms with van der Waals surface area (Å²) in [6, 6.07) is 4.55. The Morgan fingerprint density at radius 1 is 1.46 bits per heavy atom. The Hall–Kier alpha value is -3.40. The van der Waals surface area contributed by atoms with E-state index in [9.17, 15) is 14.7 Å². The summed E-state index contributed by atoms with van der Waals surface area (Å²) in [5, 5.41) is 9.80. The van der Waals surface area contributed by atoms with Crippen LogP contribution in [0.5, 0.6) is 11.5 Å². The predicted molar refractivity (Wildman–Crippen MR) is 99.3 cm³/mol. The van der Waals surface area contributed by atoms with Crippen molar-refractivity contribution in [3.63, 3.8) is 0 Å². The highest BCUT2D eigenvalue weighted by Crippen LogP contribution is 2.31. The SMILES string of the molecule is COc1cc(-c2nc(C(N)=O)c3[nH]c(=O)n(CC4CCCO4)c3n2)ccc1O. The van der Waals surface area contributed by atoms with E-state index in [0.717, 1.165) is 12.8 Å². The Labute approximate surface area is 158 Å². The van der Waals surface area contributed by atoms with Crippen LogP contribution in [-0.2, 0) is 11.3 Å². The molecule has 0 radical (unpaired) electrons. The molecule has 1 saturated heterocycles. The molecule has 10 heteroatoms. The van der Waals surface area contributed by atoms with E-state index in [1.54, 1.807) is 6.07 Å². The van der Waals surface area contributed by atoms with E-state index in [1.165, 1.54) is 23.8 Å². The number of imidazole rings is 1. The van der Waals surface area contributed by atoms with Gasteiger partial charge in [0.25, 0.3) is 5.91 Å². The Balaban J connectivity index is 1.90. The maximum absolute atomic E-state index is 12.5. The molecule has 28 heavy (non-hydrogen) atoms. The van der Waals surface area contributed by atoms with Gasteiger partial charge in [0, 0.05) is 12.2 Å². The number of aromatic hydroxyl groups is 1. The van der Waals surface area contributed by atoms with Gasteiger partial charge < -0.3 is 25.3 Å². The Kier molecular flexibility index (Phi) is 4.47. The number of benzene rings is 1. The van der Waals surface area contributed by atoms with Crippen LogP contribution in [0.4, 0.5) is 0 Å². The molecule has 1 unspecified atom stereocenters. The molecule has 3 aromatic rings. The van der Waals surface area contributed by atoms with Crippen molar-refractivity contribution in [2.24, 2.45) is 5.73 Å². The lowest BCUT2D eigenvalue weighted by Gasteiger charge is -2.11. The van der Waals surface area contributed by atoms with Crippen molar-refractivity contribution in [1.82, 2.24) is 19.5 Å². The lowest BCUT2D eigenvalue weighted by molar-refractivity contribution is 0.0970. The van der Waals surface area contributed by atoms with Crippen molar-refractivity contribution >= 4 is 17.1 Å². The van der Waals surface area contributed by atoms with E-state index in [4.69, 9.17) is 15.2 Å². The second-order valence-corrected chi connectivity index (χ2v) is 6.52. The molecule has 146 valence electrons. The molecule has 1 aromatic carbocycles. The van der Waals surface area contributed by atoms with Gasteiger partial charge in [0.2, 0.25) is 0 Å². The first-order valence-corrected chi connectivity index (χ1v) is 8.77. The summed E-state index contributed by atoms with van der Waals surface area (Å²) in [4.78, 5) is 35.7. The number of aromatic amines is 1. The molecule has 10 nitrogen and oxygen atoms in total. The number of H-pyrrole nitrogens is 1. The third-order valence-electron chi connectivity index (χ3n) is 4.70. The minimum absolute atomic E-state index is 0.0422. The molecule has 1 aliphatic rings. The number of methoxy groups -OCH3 is 1. The average molecular weight is 385 g/mol. The number of amides is 1. The standard InChI is InChI=1S/C18H19N5O5/c1-27-12-7-9(4-5-11(12)24)16-20-13(15(19)25)14-17(22-16)23(18(26)21-14)8-10-3-2-6-28-10/h4-5,7,10,24H,2-3,6,8H2,1H3,(H2,19,25)(H,21,26). The second-order valence-electron chi connectivity index (χ2n) is 6.52. The number of nitrogens with zero attached hydrogens (tertiary/aromatic N) is 3. The molecule has 0 spiro atoms. The number of fused-ring (bicyclic) bond motifs is 1. The molecule has 4 rings (SSSR count). The van der Waals surface area contributed by atoms with Crippen LogP contribution in [0.2, 0.25) is 0 Å². The second kappa shape index (κ2) is 6.97. The zero-order chi connectivity index (χ0) is 19.8. The number of nitrogens with one attached hydrogen (secondary N) is 1. The zero-order valence-corrected chi connectivity index (χ0v) is 15.1. The van der Waals surface area contributed by atoms with Crippen molar-refractivity contribution in [1.29, 1.82) is 0 Å². The smallest absolute Gasteiger partial charge is 0.327 e. The Morgan fingerprint density at radius 2 is 2.29 bits per heavy atom. The highest BCUT2D eigenvalue weighted by atomic mass is 16.5. The monoisotopic (exact) mass is 385 g/mol. The first-order chi connectivity index (χ1) is 13.5. The van der Waals surface area contributed by atoms with Crippen molar-refractivity contribution in [2.45, 2.75) is 25.5 Å². The number of hydrogen-bond donors (Lipinski definition) is 3. The molecule has 1 aliphatic heterocycles. The van der Waals surface area contributed by atoms with Gasteiger partial charge in [-0.05, 0) is 31.0 Å². The molecule has 0 bridgehead atoms. The fourth-order valence-corrected chi connectivity index (χ4v) is 3.32. The fourth-order valence-electron chi connectivity index (χ4n) is 3.32. The number of ether oxygens (including phenoxy) is 2. The number of hydrogen-bond acceptors (Lipinski definition) is 7. The van der Waals surface area contributed by atoms with Crippen LogP contribution in [0.15, 0.2) is 23.0 Å². The third-order valence-corrected chi connectivity index (χ3v) is 4.70. The number of aromatic nitrogens is 4. The molecule has 1 amide bonds. The number of carbonyl (C=O) groups is 1. The van der Waals surface area contributed by atoms with Gasteiger partial charge in [0.05, 0.1) is 19.8 Å². The highest BCUT2D eigenvalue weighted by molar-refractivity contribution is 6.01. The summed E-state index contributed by atoms with van der Waals surface area (Å²) >= 11 is 0. The van der Waals surface area contributed by atoms with Crippen LogP contribution in [-0.4, -0.2) is 50.4 Å². The highest BCUT2D eigenvalue weighted by Gasteiger charge is 2.23. The predicted octanol–water partition coefficient (Wildman–Crippen LogP) is 0.779. The van der Waals surface area contributed by atoms with E-state index in [0.29, 0.717) is 18.7 Å². The number of rotatable bonds is 5. The minimum Gasteiger partial charge on any atom is -0.504 e. The summed E-state index contributed by atoms with van der Waals surface area (Å²) < 4.78 is 12.2. The van der Waals surface area contributed by atoms with Crippen LogP contribution in [0, 0.1) is 0 Å². The first kappa shape index (κ1) is 18.0. The average Bonchev–Trinajstić information content (AvgIpc) is 3.30. The van der Waals surface area contributed by atoms with Gasteiger partial charge in [0.1, 0.15) is 5.52 Å². The summed E-state index contributed by atoms with van der Waals surface area (Å²) in [7, 11) is 1.42. The van der Waals surface area contributed by atoms with Gasteiger partial charge >= 0.3 is 5.69 Å². The number of nitrogens with two attached hydrogens (primary N) is 1. The third kappa shape index (κ3) is 3.07. The van der Waals surface area contributed by atoms with Crippen molar-refractivity contribution in [2.75, 3.05) is 13.7 Å². The number of phenols is 1. The molecule has 1 atom stereocenters. The van der Waals surface area contributed by atoms with Crippen LogP contribution in [0.3, 0.4) is 0 Å². The number of primary amides is 1. The summed E-state index contributed by atoms with van der Waals surface area (Å²) in [5.41, 5.74) is 5.93. The molecule has 0 aliphatic carbocycles. The lowest BCUT2D eigenvalue weighted by atomic mass is 10.1. The maximum atomic E-state index is 12.5. The van der Waals surface area contributed by atoms with Gasteiger partial charge in [-0.1, -0.05) is 0 Å². The number of phenolic OH excluding ortho intramolecular Hbond substituents is 1. The summed E-state index contributed by atoms with van der Waals surface area (Å²) in [6.07, 6.45) is 1.68. The molecular weight excluding hydrogens is 366 g/mol. The van der Waals surface area contributed by atoms with Gasteiger partial charge in [0.15, 0.2) is 28.7 Å². The van der Waals surface area contributed by atoms with Crippen molar-refractivity contribution < 1.29 is 19.4 Å². The lowest BCUT2D eigenvalue weighted by Crippen LogP contribution is -2.24. The minimum atomic E-state index is -0.787. The molecule has 4 N–H and O–H groups in total. The molecule has 3 heterocycles. The number of carbonyl (C=O) groups excluding carboxylic acids is 1. The molecule has 0 saturated carbocycles. The zero-order valence-electron chi connectivity index (χ0n) is 15.1. The van der Waals surface area contributed by atoms with E-state index in [-0.39, 0.29) is 40.3 Å². The largest absolute Gasteiger partial charge is 0.504 e. The summed E-state index contributed by atoms with van der Waals surface area (Å²) in [6.45, 7) is 0.967. The summed E-state index contributed by atoms with van der Waals surface area (Å²) in [5.74, 6) is -0.420. The quantitative estimate of drug-likeness (QED) is 0.588. The Morgan fingerprint density at radius 3 is 2.96 bits per heavy atom. The molecular formula is C18H19N5O5. The van der Waals surface area contributed by atoms with Crippen molar-refractivity contribution in [3.8, 4) is 22.9 Å². The van der Waals surface area contributed by atoms with Crippen LogP contribution < -0.4 is 16.2 Å². The van der Waals surface area contributed by atoms with E-state index >= 15 is 0 Å².